The summed E-state index contributed by atoms with van der Waals surface area (Å²) in [5.41, 5.74) is 8.26. The minimum atomic E-state index is -0.864. The molecule has 1 saturated heterocycles. The molecule has 0 saturated carbocycles. The predicted molar refractivity (Wildman–Crippen MR) is 130 cm³/mol. The second-order valence-corrected chi connectivity index (χ2v) is 8.80. The second kappa shape index (κ2) is 9.55. The van der Waals surface area contributed by atoms with Crippen molar-refractivity contribution < 1.29 is 14.3 Å². The van der Waals surface area contributed by atoms with E-state index in [1.165, 1.54) is 0 Å². The fraction of sp³-hybridized carbons (Fsp3) is 0.296. The molecule has 34 heavy (non-hydrogen) atoms. The van der Waals surface area contributed by atoms with E-state index in [1.54, 1.807) is 34.8 Å². The summed E-state index contributed by atoms with van der Waals surface area (Å²) < 4.78 is 7.58. The lowest BCUT2D eigenvalue weighted by molar-refractivity contribution is -0.121. The van der Waals surface area contributed by atoms with Gasteiger partial charge in [-0.3, -0.25) is 9.59 Å². The van der Waals surface area contributed by atoms with Crippen LogP contribution in [0.2, 0.25) is 0 Å². The third kappa shape index (κ3) is 4.73. The molecule has 1 fully saturated rings. The van der Waals surface area contributed by atoms with Gasteiger partial charge in [-0.25, -0.2) is 4.79 Å². The van der Waals surface area contributed by atoms with Gasteiger partial charge in [-0.1, -0.05) is 54.6 Å². The minimum absolute atomic E-state index is 0.0555. The molecule has 176 valence electrons. The average molecular weight is 460 g/mol. The number of hydrogen-bond donors (Lipinski definition) is 1. The van der Waals surface area contributed by atoms with Crippen LogP contribution in [0.4, 0.5) is 4.79 Å². The van der Waals surface area contributed by atoms with Gasteiger partial charge in [0.05, 0.1) is 6.04 Å². The first-order valence-corrected chi connectivity index (χ1v) is 11.4. The third-order valence-electron chi connectivity index (χ3n) is 6.63. The summed E-state index contributed by atoms with van der Waals surface area (Å²) in [6.07, 6.45) is 2.46. The van der Waals surface area contributed by atoms with Crippen LogP contribution >= 0.6 is 0 Å². The number of aryl methyl sites for hydroxylation is 1. The fourth-order valence-corrected chi connectivity index (χ4v) is 4.51. The standard InChI is InChI=1S/C27H29N3O4/c1-19(20-8-10-21(11-9-20)22-12-13-25(32)29(2)18-22)30-17-16-27(34-26(30)33,15-14-24(28)31)23-6-4-3-5-7-23/h3-13,18-19H,14-17H2,1-2H3,(H2,28,31)/t19-,27?/m0/s1. The van der Waals surface area contributed by atoms with E-state index in [9.17, 15) is 14.4 Å². The first-order chi connectivity index (χ1) is 16.3. The van der Waals surface area contributed by atoms with Gasteiger partial charge in [-0.2, -0.15) is 0 Å². The summed E-state index contributed by atoms with van der Waals surface area (Å²) in [4.78, 5) is 38.0. The summed E-state index contributed by atoms with van der Waals surface area (Å²) in [7, 11) is 1.73. The van der Waals surface area contributed by atoms with Crippen molar-refractivity contribution in [3.63, 3.8) is 0 Å². The number of pyridine rings is 1. The van der Waals surface area contributed by atoms with Crippen LogP contribution in [0.1, 0.15) is 43.4 Å². The number of rotatable bonds is 7. The molecule has 2 N–H and O–H groups in total. The first kappa shape index (κ1) is 23.3. The molecule has 1 unspecified atom stereocenters. The lowest BCUT2D eigenvalue weighted by Gasteiger charge is -2.43. The van der Waals surface area contributed by atoms with E-state index in [0.29, 0.717) is 19.4 Å². The lowest BCUT2D eigenvalue weighted by atomic mass is 9.84. The van der Waals surface area contributed by atoms with Crippen molar-refractivity contribution in [2.45, 2.75) is 37.8 Å². The van der Waals surface area contributed by atoms with E-state index < -0.39 is 17.6 Å². The maximum atomic E-state index is 13.2. The number of carbonyl (C=O) groups excluding carboxylic acids is 2. The van der Waals surface area contributed by atoms with Crippen molar-refractivity contribution in [1.29, 1.82) is 0 Å². The van der Waals surface area contributed by atoms with E-state index in [0.717, 1.165) is 22.3 Å². The molecule has 3 aromatic rings. The number of cyclic esters (lactones) is 1. The highest BCUT2D eigenvalue weighted by Crippen LogP contribution is 2.40. The SMILES string of the molecule is C[C@@H](c1ccc(-c2ccc(=O)n(C)c2)cc1)N1CCC(CCC(N)=O)(c2ccccc2)OC1=O. The van der Waals surface area contributed by atoms with Crippen LogP contribution in [0, 0.1) is 0 Å². The number of ether oxygens (including phenoxy) is 1. The minimum Gasteiger partial charge on any atom is -0.438 e. The highest BCUT2D eigenvalue weighted by Gasteiger charge is 2.43. The fourth-order valence-electron chi connectivity index (χ4n) is 4.51. The number of primary amides is 1. The summed E-state index contributed by atoms with van der Waals surface area (Å²) in [5.74, 6) is -0.416. The molecule has 2 atom stereocenters. The number of hydrogen-bond acceptors (Lipinski definition) is 4. The molecule has 7 nitrogen and oxygen atoms in total. The Morgan fingerprint density at radius 2 is 1.71 bits per heavy atom. The van der Waals surface area contributed by atoms with Crippen LogP contribution in [0.25, 0.3) is 11.1 Å². The number of amides is 2. The Hall–Kier alpha value is -3.87. The maximum Gasteiger partial charge on any atom is 0.411 e. The van der Waals surface area contributed by atoms with E-state index in [1.807, 2.05) is 61.5 Å². The number of carbonyl (C=O) groups is 2. The Morgan fingerprint density at radius 3 is 2.32 bits per heavy atom. The van der Waals surface area contributed by atoms with Gasteiger partial charge in [0.1, 0.15) is 5.60 Å². The Labute approximate surface area is 198 Å². The molecule has 4 rings (SSSR count). The molecule has 0 spiro atoms. The summed E-state index contributed by atoms with van der Waals surface area (Å²) in [5, 5.41) is 0. The lowest BCUT2D eigenvalue weighted by Crippen LogP contribution is -2.49. The van der Waals surface area contributed by atoms with Crippen molar-refractivity contribution >= 4 is 12.0 Å². The second-order valence-electron chi connectivity index (χ2n) is 8.80. The zero-order valence-electron chi connectivity index (χ0n) is 19.4. The van der Waals surface area contributed by atoms with E-state index in [2.05, 4.69) is 0 Å². The largest absolute Gasteiger partial charge is 0.438 e. The molecule has 1 aliphatic rings. The maximum absolute atomic E-state index is 13.2. The van der Waals surface area contributed by atoms with Crippen molar-refractivity contribution in [2.24, 2.45) is 12.8 Å². The van der Waals surface area contributed by atoms with Crippen LogP contribution < -0.4 is 11.3 Å². The monoisotopic (exact) mass is 459 g/mol. The average Bonchev–Trinajstić information content (AvgIpc) is 2.85. The van der Waals surface area contributed by atoms with Gasteiger partial charge in [0.2, 0.25) is 11.5 Å². The van der Waals surface area contributed by atoms with Gasteiger partial charge in [0.15, 0.2) is 0 Å². The topological polar surface area (TPSA) is 94.6 Å². The zero-order valence-corrected chi connectivity index (χ0v) is 19.4. The van der Waals surface area contributed by atoms with Gasteiger partial charge in [0, 0.05) is 45.1 Å². The molecule has 2 heterocycles. The van der Waals surface area contributed by atoms with Gasteiger partial charge < -0.3 is 19.9 Å². The van der Waals surface area contributed by atoms with Crippen molar-refractivity contribution in [3.8, 4) is 11.1 Å². The number of aromatic nitrogens is 1. The molecule has 1 aromatic heterocycles. The van der Waals surface area contributed by atoms with Crippen molar-refractivity contribution in [3.05, 3.63) is 94.4 Å². The van der Waals surface area contributed by atoms with E-state index in [-0.39, 0.29) is 18.0 Å². The molecular formula is C27H29N3O4. The van der Waals surface area contributed by atoms with Gasteiger partial charge in [-0.05, 0) is 35.2 Å². The van der Waals surface area contributed by atoms with Crippen LogP contribution in [0.5, 0.6) is 0 Å². The molecule has 1 aliphatic heterocycles. The molecule has 2 amide bonds. The van der Waals surface area contributed by atoms with Crippen LogP contribution in [0.15, 0.2) is 77.7 Å². The predicted octanol–water partition coefficient (Wildman–Crippen LogP) is 4.12. The van der Waals surface area contributed by atoms with Gasteiger partial charge >= 0.3 is 6.09 Å². The number of nitrogens with zero attached hydrogens (tertiary/aromatic N) is 2. The zero-order chi connectivity index (χ0) is 24.3. The summed E-state index contributed by atoms with van der Waals surface area (Å²) in [6, 6.07) is 20.7. The Kier molecular flexibility index (Phi) is 6.54. The van der Waals surface area contributed by atoms with Crippen LogP contribution in [-0.4, -0.2) is 28.0 Å². The van der Waals surface area contributed by atoms with Crippen molar-refractivity contribution in [1.82, 2.24) is 9.47 Å². The van der Waals surface area contributed by atoms with Crippen molar-refractivity contribution in [2.75, 3.05) is 6.54 Å². The quantitative estimate of drug-likeness (QED) is 0.575. The molecule has 7 heteroatoms. The number of benzene rings is 2. The van der Waals surface area contributed by atoms with Gasteiger partial charge in [-0.15, -0.1) is 0 Å². The highest BCUT2D eigenvalue weighted by atomic mass is 16.6. The normalized spacial score (nSPS) is 18.9. The first-order valence-electron chi connectivity index (χ1n) is 11.4. The molecule has 0 radical (unpaired) electrons. The molecule has 0 aliphatic carbocycles. The Bertz CT molecular complexity index is 1240. The van der Waals surface area contributed by atoms with E-state index in [4.69, 9.17) is 10.5 Å². The highest BCUT2D eigenvalue weighted by molar-refractivity contribution is 5.74. The number of nitrogens with two attached hydrogens (primary N) is 1. The van der Waals surface area contributed by atoms with E-state index >= 15 is 0 Å². The van der Waals surface area contributed by atoms with Crippen LogP contribution in [0.3, 0.4) is 0 Å². The molecule has 2 aromatic carbocycles. The molecule has 0 bridgehead atoms. The Balaban J connectivity index is 1.52. The summed E-state index contributed by atoms with van der Waals surface area (Å²) in [6.45, 7) is 2.47. The van der Waals surface area contributed by atoms with Crippen LogP contribution in [-0.2, 0) is 22.2 Å². The smallest absolute Gasteiger partial charge is 0.411 e. The molecular weight excluding hydrogens is 430 g/mol. The Morgan fingerprint density at radius 1 is 1.03 bits per heavy atom. The van der Waals surface area contributed by atoms with Gasteiger partial charge in [0.25, 0.3) is 0 Å². The third-order valence-corrected chi connectivity index (χ3v) is 6.63. The summed E-state index contributed by atoms with van der Waals surface area (Å²) >= 11 is 0.